The van der Waals surface area contributed by atoms with Gasteiger partial charge in [-0.15, -0.1) is 0 Å². The second kappa shape index (κ2) is 7.32. The van der Waals surface area contributed by atoms with E-state index >= 15 is 0 Å². The molecule has 1 saturated carbocycles. The zero-order valence-corrected chi connectivity index (χ0v) is 15.7. The van der Waals surface area contributed by atoms with Gasteiger partial charge in [-0.05, 0) is 43.0 Å². The number of hydrogen-bond donors (Lipinski definition) is 0. The van der Waals surface area contributed by atoms with Gasteiger partial charge < -0.3 is 4.74 Å². The molecular weight excluding hydrogens is 405 g/mol. The Morgan fingerprint density at radius 2 is 1.50 bits per heavy atom. The van der Waals surface area contributed by atoms with Gasteiger partial charge >= 0.3 is 0 Å². The van der Waals surface area contributed by atoms with Crippen LogP contribution in [0.1, 0.15) is 24.0 Å². The minimum Gasteiger partial charge on any atom is -0.497 e. The lowest BCUT2D eigenvalue weighted by Crippen LogP contribution is -2.34. The molecule has 0 saturated heterocycles. The zero-order chi connectivity index (χ0) is 20.8. The molecule has 1 fully saturated rings. The third-order valence-corrected chi connectivity index (χ3v) is 6.29. The molecule has 0 heterocycles. The van der Waals surface area contributed by atoms with Crippen molar-refractivity contribution in [1.29, 1.82) is 0 Å². The molecule has 1 aliphatic rings. The maximum atomic E-state index is 14.1. The first kappa shape index (κ1) is 20.5. The van der Waals surface area contributed by atoms with Gasteiger partial charge in [0.1, 0.15) is 5.75 Å². The Labute approximate surface area is 158 Å². The number of nitrogens with zero attached hydrogens (tertiary/aromatic N) is 1. The average molecular weight is 421 g/mol. The summed E-state index contributed by atoms with van der Waals surface area (Å²) in [6, 6.07) is 4.29. The molecule has 0 N–H and O–H groups in total. The van der Waals surface area contributed by atoms with Crippen LogP contribution in [0.2, 0.25) is 0 Å². The summed E-state index contributed by atoms with van der Waals surface area (Å²) in [5, 5.41) is 0. The largest absolute Gasteiger partial charge is 0.497 e. The molecule has 0 bridgehead atoms. The van der Waals surface area contributed by atoms with Crippen LogP contribution in [0.15, 0.2) is 23.1 Å². The van der Waals surface area contributed by atoms with E-state index in [1.54, 1.807) is 19.1 Å². The van der Waals surface area contributed by atoms with E-state index < -0.39 is 50.0 Å². The molecule has 0 unspecified atom stereocenters. The molecule has 0 radical (unpaired) electrons. The number of aryl methyl sites for hydroxylation is 1. The fourth-order valence-corrected chi connectivity index (χ4v) is 4.70. The third-order valence-electron chi connectivity index (χ3n) is 4.38. The van der Waals surface area contributed by atoms with Crippen molar-refractivity contribution in [2.24, 2.45) is 0 Å². The van der Waals surface area contributed by atoms with Gasteiger partial charge in [0, 0.05) is 12.6 Å². The number of ether oxygens (including phenoxy) is 1. The standard InChI is InChI=1S/C18H16F5NO3S/c1-9-5-10(7-12(6-9)27-2)8-24(11-3-4-11)28(25,26)18-16(22)14(20)13(19)15(21)17(18)23/h5-7,11H,3-4,8H2,1-2H3. The van der Waals surface area contributed by atoms with Crippen molar-refractivity contribution >= 4 is 10.0 Å². The van der Waals surface area contributed by atoms with Crippen LogP contribution in [-0.4, -0.2) is 25.9 Å². The predicted molar refractivity (Wildman–Crippen MR) is 89.7 cm³/mol. The summed E-state index contributed by atoms with van der Waals surface area (Å²) < 4.78 is 100. The van der Waals surface area contributed by atoms with Crippen molar-refractivity contribution < 1.29 is 35.1 Å². The molecule has 0 aliphatic heterocycles. The van der Waals surface area contributed by atoms with Crippen molar-refractivity contribution in [3.63, 3.8) is 0 Å². The van der Waals surface area contributed by atoms with E-state index in [2.05, 4.69) is 0 Å². The van der Waals surface area contributed by atoms with E-state index in [9.17, 15) is 30.4 Å². The molecule has 28 heavy (non-hydrogen) atoms. The summed E-state index contributed by atoms with van der Waals surface area (Å²) >= 11 is 0. The first-order chi connectivity index (χ1) is 13.1. The van der Waals surface area contributed by atoms with Crippen molar-refractivity contribution in [3.8, 4) is 5.75 Å². The molecule has 2 aromatic carbocycles. The van der Waals surface area contributed by atoms with Crippen LogP contribution in [0.5, 0.6) is 5.75 Å². The molecule has 2 aromatic rings. The Morgan fingerprint density at radius 3 is 2.00 bits per heavy atom. The van der Waals surface area contributed by atoms with Gasteiger partial charge in [-0.1, -0.05) is 6.07 Å². The number of halogens is 5. The van der Waals surface area contributed by atoms with Crippen LogP contribution in [0, 0.1) is 36.0 Å². The van der Waals surface area contributed by atoms with Gasteiger partial charge in [0.05, 0.1) is 7.11 Å². The van der Waals surface area contributed by atoms with Crippen molar-refractivity contribution in [2.75, 3.05) is 7.11 Å². The molecule has 152 valence electrons. The quantitative estimate of drug-likeness (QED) is 0.402. The number of benzene rings is 2. The van der Waals surface area contributed by atoms with E-state index in [-0.39, 0.29) is 6.54 Å². The third kappa shape index (κ3) is 3.58. The lowest BCUT2D eigenvalue weighted by Gasteiger charge is -2.23. The van der Waals surface area contributed by atoms with Gasteiger partial charge in [0.2, 0.25) is 15.8 Å². The van der Waals surface area contributed by atoms with E-state index in [1.165, 1.54) is 13.2 Å². The molecule has 0 amide bonds. The Bertz CT molecular complexity index is 1010. The molecular formula is C18H16F5NO3S. The van der Waals surface area contributed by atoms with E-state index in [0.717, 1.165) is 9.87 Å². The lowest BCUT2D eigenvalue weighted by atomic mass is 10.1. The fourth-order valence-electron chi connectivity index (χ4n) is 2.91. The van der Waals surface area contributed by atoms with Crippen molar-refractivity contribution in [3.05, 3.63) is 58.4 Å². The Hall–Kier alpha value is -2.20. The van der Waals surface area contributed by atoms with Crippen molar-refractivity contribution in [2.45, 2.75) is 37.2 Å². The summed E-state index contributed by atoms with van der Waals surface area (Å²) in [6.45, 7) is 1.44. The molecule has 1 aliphatic carbocycles. The summed E-state index contributed by atoms with van der Waals surface area (Å²) in [5.74, 6) is -11.3. The van der Waals surface area contributed by atoms with E-state index in [4.69, 9.17) is 4.74 Å². The van der Waals surface area contributed by atoms with Gasteiger partial charge in [0.25, 0.3) is 0 Å². The average Bonchev–Trinajstić information content (AvgIpc) is 3.47. The predicted octanol–water partition coefficient (Wildman–Crippen LogP) is 4.05. The Morgan fingerprint density at radius 1 is 0.964 bits per heavy atom. The van der Waals surface area contributed by atoms with Crippen LogP contribution in [0.4, 0.5) is 22.0 Å². The van der Waals surface area contributed by atoms with E-state index in [1.807, 2.05) is 0 Å². The van der Waals surface area contributed by atoms with E-state index in [0.29, 0.717) is 24.2 Å². The highest BCUT2D eigenvalue weighted by molar-refractivity contribution is 7.89. The molecule has 0 atom stereocenters. The minimum absolute atomic E-state index is 0.301. The number of sulfonamides is 1. The van der Waals surface area contributed by atoms with Gasteiger partial charge in [-0.2, -0.15) is 4.31 Å². The van der Waals surface area contributed by atoms with Crippen LogP contribution in [-0.2, 0) is 16.6 Å². The van der Waals surface area contributed by atoms with Crippen molar-refractivity contribution in [1.82, 2.24) is 4.31 Å². The van der Waals surface area contributed by atoms with Gasteiger partial charge in [0.15, 0.2) is 28.2 Å². The summed E-state index contributed by atoms with van der Waals surface area (Å²) in [7, 11) is -3.58. The molecule has 3 rings (SSSR count). The Balaban J connectivity index is 2.10. The molecule has 0 aromatic heterocycles. The highest BCUT2D eigenvalue weighted by Gasteiger charge is 2.43. The van der Waals surface area contributed by atoms with Crippen LogP contribution < -0.4 is 4.74 Å². The summed E-state index contributed by atoms with van der Waals surface area (Å²) in [6.07, 6.45) is 0.829. The maximum absolute atomic E-state index is 14.1. The van der Waals surface area contributed by atoms with Gasteiger partial charge in [-0.3, -0.25) is 0 Å². The normalized spacial score (nSPS) is 14.6. The highest BCUT2D eigenvalue weighted by atomic mass is 32.2. The monoisotopic (exact) mass is 421 g/mol. The first-order valence-corrected chi connectivity index (χ1v) is 9.69. The number of methoxy groups -OCH3 is 1. The second-order valence-electron chi connectivity index (χ2n) is 6.54. The topological polar surface area (TPSA) is 46.6 Å². The molecule has 10 heteroatoms. The second-order valence-corrected chi connectivity index (χ2v) is 8.37. The molecule has 4 nitrogen and oxygen atoms in total. The Kier molecular flexibility index (Phi) is 5.37. The van der Waals surface area contributed by atoms with Crippen LogP contribution in [0.25, 0.3) is 0 Å². The smallest absolute Gasteiger partial charge is 0.249 e. The first-order valence-electron chi connectivity index (χ1n) is 8.25. The van der Waals surface area contributed by atoms with Crippen LogP contribution in [0.3, 0.4) is 0 Å². The fraction of sp³-hybridized carbons (Fsp3) is 0.333. The number of rotatable bonds is 6. The maximum Gasteiger partial charge on any atom is 0.249 e. The zero-order valence-electron chi connectivity index (χ0n) is 14.9. The minimum atomic E-state index is -5.00. The number of hydrogen-bond acceptors (Lipinski definition) is 3. The lowest BCUT2D eigenvalue weighted by molar-refractivity contribution is 0.345. The van der Waals surface area contributed by atoms with Crippen LogP contribution >= 0.6 is 0 Å². The van der Waals surface area contributed by atoms with Gasteiger partial charge in [-0.25, -0.2) is 30.4 Å². The highest BCUT2D eigenvalue weighted by Crippen LogP contribution is 2.37. The molecule has 0 spiro atoms. The SMILES string of the molecule is COc1cc(C)cc(CN(C2CC2)S(=O)(=O)c2c(F)c(F)c(F)c(F)c2F)c1. The summed E-state index contributed by atoms with van der Waals surface area (Å²) in [4.78, 5) is -1.84. The summed E-state index contributed by atoms with van der Waals surface area (Å²) in [5.41, 5.74) is 1.20.